The number of nitrogens with zero attached hydrogens (tertiary/aromatic N) is 4. The van der Waals surface area contributed by atoms with Gasteiger partial charge in [0.05, 0.1) is 17.4 Å². The smallest absolute Gasteiger partial charge is 0.293 e. The Morgan fingerprint density at radius 1 is 1.07 bits per heavy atom. The number of aryl methyl sites for hydroxylation is 1. The lowest BCUT2D eigenvalue weighted by Gasteiger charge is -2.20. The van der Waals surface area contributed by atoms with Crippen molar-refractivity contribution in [2.24, 2.45) is 0 Å². The minimum atomic E-state index is -0.363. The number of fused-ring (bicyclic) bond motifs is 2. The van der Waals surface area contributed by atoms with Crippen molar-refractivity contribution in [3.05, 3.63) is 64.7 Å². The highest BCUT2D eigenvalue weighted by Crippen LogP contribution is 2.23. The molecular weight excluding hydrogens is 366 g/mol. The lowest BCUT2D eigenvalue weighted by atomic mass is 10.1. The Balaban J connectivity index is 1.70. The van der Waals surface area contributed by atoms with Crippen LogP contribution in [-0.4, -0.2) is 25.5 Å². The fourth-order valence-corrected chi connectivity index (χ4v) is 3.50. The van der Waals surface area contributed by atoms with E-state index in [1.165, 1.54) is 4.68 Å². The predicted octanol–water partition coefficient (Wildman–Crippen LogP) is 3.45. The molecule has 2 aromatic heterocycles. The molecule has 0 aliphatic carbocycles. The summed E-state index contributed by atoms with van der Waals surface area (Å²) in [4.78, 5) is 25.8. The summed E-state index contributed by atoms with van der Waals surface area (Å²) >= 11 is 0. The number of carbonyl (C=O) groups excluding carboxylic acids is 1. The van der Waals surface area contributed by atoms with Gasteiger partial charge in [0.15, 0.2) is 0 Å². The Hall–Kier alpha value is -3.48. The van der Waals surface area contributed by atoms with Gasteiger partial charge in [-0.1, -0.05) is 36.4 Å². The van der Waals surface area contributed by atoms with Crippen LogP contribution in [0.5, 0.6) is 0 Å². The van der Waals surface area contributed by atoms with E-state index in [0.29, 0.717) is 22.3 Å². The zero-order chi connectivity index (χ0) is 20.8. The van der Waals surface area contributed by atoms with E-state index in [4.69, 9.17) is 0 Å². The summed E-state index contributed by atoms with van der Waals surface area (Å²) in [6, 6.07) is 13.5. The van der Waals surface area contributed by atoms with Crippen LogP contribution in [0.25, 0.3) is 21.7 Å². The maximum Gasteiger partial charge on any atom is 0.293 e. The monoisotopic (exact) mass is 389 g/mol. The van der Waals surface area contributed by atoms with Gasteiger partial charge in [0.1, 0.15) is 12.1 Å². The molecule has 4 rings (SSSR count). The number of anilines is 1. The molecule has 0 aliphatic heterocycles. The number of carbonyl (C=O) groups is 1. The van der Waals surface area contributed by atoms with Gasteiger partial charge in [0.25, 0.3) is 5.56 Å². The third-order valence-corrected chi connectivity index (χ3v) is 4.86. The van der Waals surface area contributed by atoms with Crippen LogP contribution in [0.2, 0.25) is 0 Å². The van der Waals surface area contributed by atoms with Crippen molar-refractivity contribution >= 4 is 33.3 Å². The number of hydrogen-bond donors (Lipinski definition) is 1. The van der Waals surface area contributed by atoms with E-state index in [0.717, 1.165) is 10.8 Å². The minimum Gasteiger partial charge on any atom is -0.324 e. The highest BCUT2D eigenvalue weighted by molar-refractivity contribution is 6.02. The quantitative estimate of drug-likeness (QED) is 0.582. The number of rotatable bonds is 3. The van der Waals surface area contributed by atoms with Crippen LogP contribution < -0.4 is 10.9 Å². The summed E-state index contributed by atoms with van der Waals surface area (Å²) in [7, 11) is 0. The second-order valence-corrected chi connectivity index (χ2v) is 8.11. The van der Waals surface area contributed by atoms with Crippen molar-refractivity contribution in [1.29, 1.82) is 0 Å². The molecule has 4 aromatic rings. The maximum atomic E-state index is 13.1. The molecule has 0 atom stereocenters. The van der Waals surface area contributed by atoms with Gasteiger partial charge in [-0.3, -0.25) is 14.3 Å². The van der Waals surface area contributed by atoms with Crippen molar-refractivity contribution < 1.29 is 4.79 Å². The number of nitrogens with one attached hydrogen (secondary N) is 1. The molecule has 29 heavy (non-hydrogen) atoms. The van der Waals surface area contributed by atoms with E-state index in [1.807, 2.05) is 70.2 Å². The van der Waals surface area contributed by atoms with Crippen LogP contribution in [-0.2, 0) is 16.9 Å². The highest BCUT2D eigenvalue weighted by atomic mass is 16.2. The summed E-state index contributed by atoms with van der Waals surface area (Å²) in [6.45, 7) is 7.58. The first-order chi connectivity index (χ1) is 13.8. The summed E-state index contributed by atoms with van der Waals surface area (Å²) < 4.78 is 2.90. The number of amides is 1. The molecule has 0 spiro atoms. The summed E-state index contributed by atoms with van der Waals surface area (Å²) in [5.74, 6) is -0.309. The van der Waals surface area contributed by atoms with Gasteiger partial charge in [-0.25, -0.2) is 4.68 Å². The van der Waals surface area contributed by atoms with Crippen LogP contribution in [0.15, 0.2) is 53.5 Å². The van der Waals surface area contributed by atoms with Gasteiger partial charge in [-0.2, -0.15) is 10.2 Å². The highest BCUT2D eigenvalue weighted by Gasteiger charge is 2.22. The molecule has 7 heteroatoms. The zero-order valence-corrected chi connectivity index (χ0v) is 16.9. The van der Waals surface area contributed by atoms with Crippen LogP contribution in [0.1, 0.15) is 26.5 Å². The second kappa shape index (κ2) is 6.84. The van der Waals surface area contributed by atoms with Gasteiger partial charge in [-0.15, -0.1) is 0 Å². The number of hydrogen-bond acceptors (Lipinski definition) is 4. The number of aromatic nitrogens is 4. The Kier molecular flexibility index (Phi) is 4.45. The molecule has 0 radical (unpaired) electrons. The molecule has 0 aliphatic rings. The molecule has 2 heterocycles. The van der Waals surface area contributed by atoms with Gasteiger partial charge < -0.3 is 5.32 Å². The summed E-state index contributed by atoms with van der Waals surface area (Å²) in [6.07, 6.45) is 1.66. The third kappa shape index (κ3) is 3.40. The van der Waals surface area contributed by atoms with Gasteiger partial charge >= 0.3 is 0 Å². The maximum absolute atomic E-state index is 13.1. The first kappa shape index (κ1) is 18.9. The Labute approximate surface area is 168 Å². The largest absolute Gasteiger partial charge is 0.324 e. The Morgan fingerprint density at radius 3 is 2.55 bits per heavy atom. The van der Waals surface area contributed by atoms with Crippen molar-refractivity contribution in [2.45, 2.75) is 39.8 Å². The first-order valence-electron chi connectivity index (χ1n) is 9.49. The number of benzene rings is 2. The molecule has 0 bridgehead atoms. The average Bonchev–Trinajstić information content (AvgIpc) is 3.13. The molecule has 2 aromatic carbocycles. The Bertz CT molecular complexity index is 1290. The molecule has 0 unspecified atom stereocenters. The van der Waals surface area contributed by atoms with E-state index < -0.39 is 0 Å². The lowest BCUT2D eigenvalue weighted by molar-refractivity contribution is -0.117. The van der Waals surface area contributed by atoms with Crippen LogP contribution in [0, 0.1) is 6.92 Å². The molecule has 1 amide bonds. The Morgan fingerprint density at radius 2 is 1.79 bits per heavy atom. The van der Waals surface area contributed by atoms with E-state index in [9.17, 15) is 9.59 Å². The lowest BCUT2D eigenvalue weighted by Crippen LogP contribution is -2.33. The molecule has 0 saturated carbocycles. The normalized spacial score (nSPS) is 11.9. The molecule has 1 N–H and O–H groups in total. The van der Waals surface area contributed by atoms with Crippen molar-refractivity contribution in [3.63, 3.8) is 0 Å². The predicted molar refractivity (Wildman–Crippen MR) is 114 cm³/mol. The average molecular weight is 389 g/mol. The fourth-order valence-electron chi connectivity index (χ4n) is 3.50. The molecule has 7 nitrogen and oxygen atoms in total. The van der Waals surface area contributed by atoms with Crippen molar-refractivity contribution in [2.75, 3.05) is 5.32 Å². The minimum absolute atomic E-state index is 0.172. The summed E-state index contributed by atoms with van der Waals surface area (Å²) in [5.41, 5.74) is 1.14. The van der Waals surface area contributed by atoms with Gasteiger partial charge in [0.2, 0.25) is 5.91 Å². The standard InChI is InChI=1S/C22H23N5O2/c1-14-17-12-23-27(22(2,3)4)20(17)21(29)26(25-14)13-19(28)24-18-11-7-9-15-8-5-6-10-16(15)18/h5-12H,13H2,1-4H3,(H,24,28). The summed E-state index contributed by atoms with van der Waals surface area (Å²) in [5, 5.41) is 14.3. The van der Waals surface area contributed by atoms with Crippen LogP contribution in [0.3, 0.4) is 0 Å². The zero-order valence-electron chi connectivity index (χ0n) is 16.9. The van der Waals surface area contributed by atoms with Crippen LogP contribution in [0.4, 0.5) is 5.69 Å². The van der Waals surface area contributed by atoms with Gasteiger partial charge in [0, 0.05) is 16.5 Å². The molecule has 148 valence electrons. The van der Waals surface area contributed by atoms with E-state index >= 15 is 0 Å². The molecular formula is C22H23N5O2. The molecule has 0 saturated heterocycles. The second-order valence-electron chi connectivity index (χ2n) is 8.11. The topological polar surface area (TPSA) is 81.8 Å². The first-order valence-corrected chi connectivity index (χ1v) is 9.49. The van der Waals surface area contributed by atoms with Crippen LogP contribution >= 0.6 is 0 Å². The van der Waals surface area contributed by atoms with E-state index in [2.05, 4.69) is 15.5 Å². The molecule has 0 fully saturated rings. The van der Waals surface area contributed by atoms with Crippen molar-refractivity contribution in [3.8, 4) is 0 Å². The van der Waals surface area contributed by atoms with Crippen molar-refractivity contribution in [1.82, 2.24) is 19.6 Å². The fraction of sp³-hybridized carbons (Fsp3) is 0.273. The SMILES string of the molecule is Cc1nn(CC(=O)Nc2cccc3ccccc23)c(=O)c2c1cnn2C(C)(C)C. The third-order valence-electron chi connectivity index (χ3n) is 4.86. The van der Waals surface area contributed by atoms with E-state index in [-0.39, 0.29) is 23.6 Å². The van der Waals surface area contributed by atoms with Gasteiger partial charge in [-0.05, 0) is 39.1 Å². The van der Waals surface area contributed by atoms with E-state index in [1.54, 1.807) is 10.9 Å².